The van der Waals surface area contributed by atoms with Gasteiger partial charge in [-0.1, -0.05) is 6.07 Å². The molecule has 124 valence electrons. The molecule has 1 N–H and O–H groups in total. The highest BCUT2D eigenvalue weighted by Gasteiger charge is 2.29. The van der Waals surface area contributed by atoms with Crippen LogP contribution in [0.4, 0.5) is 0 Å². The largest absolute Gasteiger partial charge is 0.493 e. The first-order valence-electron chi connectivity index (χ1n) is 7.34. The number of carbonyl (C=O) groups is 1. The minimum atomic E-state index is -0.789. The lowest BCUT2D eigenvalue weighted by Crippen LogP contribution is -2.24. The van der Waals surface area contributed by atoms with Crippen LogP contribution < -0.4 is 5.56 Å². The second kappa shape index (κ2) is 6.19. The molecule has 0 amide bonds. The van der Waals surface area contributed by atoms with Crippen molar-refractivity contribution in [3.63, 3.8) is 0 Å². The highest BCUT2D eigenvalue weighted by molar-refractivity contribution is 5.71. The van der Waals surface area contributed by atoms with Crippen LogP contribution in [0.1, 0.15) is 29.4 Å². The van der Waals surface area contributed by atoms with Crippen molar-refractivity contribution in [2.24, 2.45) is 0 Å². The minimum absolute atomic E-state index is 0.00144. The molecule has 7 heteroatoms. The first kappa shape index (κ1) is 15.8. The summed E-state index contributed by atoms with van der Waals surface area (Å²) in [7, 11) is 1.26. The molecule has 1 atom stereocenters. The Kier molecular flexibility index (Phi) is 4.07. The molecule has 0 aromatic carbocycles. The number of hydrogen-bond acceptors (Lipinski definition) is 6. The van der Waals surface area contributed by atoms with E-state index in [1.165, 1.54) is 11.5 Å². The summed E-state index contributed by atoms with van der Waals surface area (Å²) < 4.78 is 11.6. The van der Waals surface area contributed by atoms with Crippen LogP contribution in [-0.4, -0.2) is 27.6 Å². The topological polar surface area (TPSA) is 94.0 Å². The van der Waals surface area contributed by atoms with Gasteiger partial charge in [-0.3, -0.25) is 14.0 Å². The third-order valence-electron chi connectivity index (χ3n) is 3.80. The van der Waals surface area contributed by atoms with Gasteiger partial charge in [-0.15, -0.1) is 0 Å². The maximum Gasteiger partial charge on any atom is 0.306 e. The maximum absolute atomic E-state index is 12.8. The molecule has 0 aliphatic heterocycles. The summed E-state index contributed by atoms with van der Waals surface area (Å²) in [6.07, 6.45) is 1.41. The zero-order chi connectivity index (χ0) is 17.3. The van der Waals surface area contributed by atoms with Gasteiger partial charge < -0.3 is 14.3 Å². The second-order valence-electron chi connectivity index (χ2n) is 5.36. The van der Waals surface area contributed by atoms with Gasteiger partial charge in [-0.25, -0.2) is 0 Å². The predicted molar refractivity (Wildman–Crippen MR) is 85.0 cm³/mol. The molecular formula is C17H16N2O5. The number of rotatable bonds is 4. The van der Waals surface area contributed by atoms with Gasteiger partial charge in [-0.05, 0) is 31.2 Å². The average molecular weight is 328 g/mol. The number of methoxy groups -OCH3 is 1. The van der Waals surface area contributed by atoms with E-state index in [0.717, 1.165) is 0 Å². The lowest BCUT2D eigenvalue weighted by Gasteiger charge is -2.15. The Morgan fingerprint density at radius 1 is 1.38 bits per heavy atom. The average Bonchev–Trinajstić information content (AvgIpc) is 3.00. The van der Waals surface area contributed by atoms with Crippen molar-refractivity contribution >= 4 is 11.6 Å². The molecule has 0 aliphatic carbocycles. The number of fused-ring (bicyclic) bond motifs is 1. The summed E-state index contributed by atoms with van der Waals surface area (Å²) in [5.41, 5.74) is -0.143. The maximum atomic E-state index is 12.8. The highest BCUT2D eigenvalue weighted by atomic mass is 16.5. The van der Waals surface area contributed by atoms with Crippen molar-refractivity contribution in [3.05, 3.63) is 64.0 Å². The van der Waals surface area contributed by atoms with Crippen LogP contribution in [0.3, 0.4) is 0 Å². The van der Waals surface area contributed by atoms with Crippen molar-refractivity contribution in [1.29, 1.82) is 0 Å². The van der Waals surface area contributed by atoms with Gasteiger partial charge >= 0.3 is 5.97 Å². The van der Waals surface area contributed by atoms with E-state index in [2.05, 4.69) is 4.98 Å². The van der Waals surface area contributed by atoms with Crippen LogP contribution in [0.15, 0.2) is 45.7 Å². The van der Waals surface area contributed by atoms with Gasteiger partial charge in [0.1, 0.15) is 17.2 Å². The number of hydrogen-bond donors (Lipinski definition) is 1. The van der Waals surface area contributed by atoms with E-state index < -0.39 is 23.3 Å². The van der Waals surface area contributed by atoms with Gasteiger partial charge in [0.2, 0.25) is 5.88 Å². The van der Waals surface area contributed by atoms with Crippen molar-refractivity contribution in [2.45, 2.75) is 19.3 Å². The van der Waals surface area contributed by atoms with Crippen LogP contribution in [-0.2, 0) is 9.53 Å². The van der Waals surface area contributed by atoms with Crippen LogP contribution in [0, 0.1) is 6.92 Å². The molecule has 3 heterocycles. The van der Waals surface area contributed by atoms with E-state index in [1.54, 1.807) is 43.5 Å². The quantitative estimate of drug-likeness (QED) is 0.736. The molecule has 0 unspecified atom stereocenters. The molecule has 0 saturated carbocycles. The van der Waals surface area contributed by atoms with E-state index >= 15 is 0 Å². The number of carbonyl (C=O) groups excluding carboxylic acids is 1. The zero-order valence-corrected chi connectivity index (χ0v) is 13.2. The van der Waals surface area contributed by atoms with E-state index in [1.807, 2.05) is 0 Å². The summed E-state index contributed by atoms with van der Waals surface area (Å²) in [6.45, 7) is 1.75. The molecule has 3 aromatic heterocycles. The molecule has 0 fully saturated rings. The first-order valence-corrected chi connectivity index (χ1v) is 7.34. The van der Waals surface area contributed by atoms with Crippen LogP contribution >= 0.6 is 0 Å². The third kappa shape index (κ3) is 2.76. The summed E-state index contributed by atoms with van der Waals surface area (Å²) >= 11 is 0. The predicted octanol–water partition coefficient (Wildman–Crippen LogP) is 2.00. The van der Waals surface area contributed by atoms with Gasteiger partial charge in [0.05, 0.1) is 25.0 Å². The number of aryl methyl sites for hydroxylation is 1. The van der Waals surface area contributed by atoms with Crippen molar-refractivity contribution in [2.75, 3.05) is 7.11 Å². The van der Waals surface area contributed by atoms with Crippen LogP contribution in [0.2, 0.25) is 0 Å². The summed E-state index contributed by atoms with van der Waals surface area (Å²) in [6, 6.07) is 8.40. The van der Waals surface area contributed by atoms with Gasteiger partial charge in [0, 0.05) is 6.20 Å². The van der Waals surface area contributed by atoms with Crippen molar-refractivity contribution in [3.8, 4) is 5.88 Å². The minimum Gasteiger partial charge on any atom is -0.493 e. The monoisotopic (exact) mass is 328 g/mol. The Labute approximate surface area is 137 Å². The number of pyridine rings is 1. The molecule has 0 saturated heterocycles. The normalized spacial score (nSPS) is 12.2. The van der Waals surface area contributed by atoms with Crippen molar-refractivity contribution in [1.82, 2.24) is 9.38 Å². The molecule has 0 radical (unpaired) electrons. The Bertz CT molecular complexity index is 957. The Hall–Kier alpha value is -3.09. The SMILES string of the molecule is COC(=O)C[C@H](c1ccc(C)o1)c1c(O)nc2ccccn2c1=O. The molecule has 24 heavy (non-hydrogen) atoms. The lowest BCUT2D eigenvalue weighted by molar-refractivity contribution is -0.140. The molecular weight excluding hydrogens is 312 g/mol. The van der Waals surface area contributed by atoms with Gasteiger partial charge in [0.15, 0.2) is 0 Å². The standard InChI is InChI=1S/C17H16N2O5/c1-10-6-7-12(24-10)11(9-14(20)23-2)15-16(21)18-13-5-3-4-8-19(13)17(15)22/h3-8,11,21H,9H2,1-2H3/t11-/m1/s1. The van der Waals surface area contributed by atoms with Crippen LogP contribution in [0.25, 0.3) is 5.65 Å². The van der Waals surface area contributed by atoms with E-state index in [0.29, 0.717) is 17.2 Å². The van der Waals surface area contributed by atoms with Gasteiger partial charge in [-0.2, -0.15) is 4.98 Å². The molecule has 7 nitrogen and oxygen atoms in total. The highest BCUT2D eigenvalue weighted by Crippen LogP contribution is 2.32. The Morgan fingerprint density at radius 2 is 2.17 bits per heavy atom. The first-order chi connectivity index (χ1) is 11.5. The molecule has 0 bridgehead atoms. The number of aromatic hydroxyl groups is 1. The summed E-state index contributed by atoms with van der Waals surface area (Å²) in [5.74, 6) is -0.709. The molecule has 0 spiro atoms. The van der Waals surface area contributed by atoms with E-state index in [-0.39, 0.29) is 12.0 Å². The molecule has 0 aliphatic rings. The lowest BCUT2D eigenvalue weighted by atomic mass is 9.94. The third-order valence-corrected chi connectivity index (χ3v) is 3.80. The van der Waals surface area contributed by atoms with E-state index in [4.69, 9.17) is 9.15 Å². The number of aromatic nitrogens is 2. The number of esters is 1. The van der Waals surface area contributed by atoms with Crippen LogP contribution in [0.5, 0.6) is 5.88 Å². The fraction of sp³-hybridized carbons (Fsp3) is 0.235. The summed E-state index contributed by atoms with van der Waals surface area (Å²) in [4.78, 5) is 28.6. The zero-order valence-electron chi connectivity index (χ0n) is 13.2. The van der Waals surface area contributed by atoms with Gasteiger partial charge in [0.25, 0.3) is 5.56 Å². The fourth-order valence-corrected chi connectivity index (χ4v) is 2.63. The fourth-order valence-electron chi connectivity index (χ4n) is 2.63. The number of nitrogens with zero attached hydrogens (tertiary/aromatic N) is 2. The Balaban J connectivity index is 2.22. The molecule has 3 rings (SSSR count). The summed E-state index contributed by atoms with van der Waals surface area (Å²) in [5, 5.41) is 10.3. The Morgan fingerprint density at radius 3 is 2.83 bits per heavy atom. The second-order valence-corrected chi connectivity index (χ2v) is 5.36. The van der Waals surface area contributed by atoms with E-state index in [9.17, 15) is 14.7 Å². The smallest absolute Gasteiger partial charge is 0.306 e. The number of ether oxygens (including phenoxy) is 1. The van der Waals surface area contributed by atoms with Crippen molar-refractivity contribution < 1.29 is 19.1 Å². The number of furan rings is 1. The molecule has 3 aromatic rings.